The van der Waals surface area contributed by atoms with Crippen molar-refractivity contribution in [2.75, 3.05) is 5.32 Å². The zero-order valence-electron chi connectivity index (χ0n) is 17.3. The number of nitrogens with zero attached hydrogens (tertiary/aromatic N) is 3. The summed E-state index contributed by atoms with van der Waals surface area (Å²) in [5, 5.41) is 10.5. The van der Waals surface area contributed by atoms with Crippen LogP contribution in [0.15, 0.2) is 41.6 Å². The maximum absolute atomic E-state index is 12.4. The van der Waals surface area contributed by atoms with Gasteiger partial charge in [-0.15, -0.1) is 0 Å². The van der Waals surface area contributed by atoms with Gasteiger partial charge in [0.1, 0.15) is 6.54 Å². The average Bonchev–Trinajstić information content (AvgIpc) is 2.70. The van der Waals surface area contributed by atoms with Crippen molar-refractivity contribution in [1.82, 2.24) is 20.1 Å². The molecule has 2 aromatic rings. The number of hydrogen-bond donors (Lipinski definition) is 2. The van der Waals surface area contributed by atoms with Gasteiger partial charge in [-0.05, 0) is 53.7 Å². The number of carbonyl (C=O) groups is 1. The summed E-state index contributed by atoms with van der Waals surface area (Å²) in [6.07, 6.45) is 7.45. The summed E-state index contributed by atoms with van der Waals surface area (Å²) >= 11 is 0. The summed E-state index contributed by atoms with van der Waals surface area (Å²) in [6.45, 7) is 7.36. The third-order valence-corrected chi connectivity index (χ3v) is 7.11. The van der Waals surface area contributed by atoms with Gasteiger partial charge < -0.3 is 10.6 Å². The normalized spacial score (nSPS) is 27.0. The van der Waals surface area contributed by atoms with Gasteiger partial charge in [-0.2, -0.15) is 5.10 Å². The van der Waals surface area contributed by atoms with Gasteiger partial charge in [0, 0.05) is 31.0 Å². The second-order valence-electron chi connectivity index (χ2n) is 9.08. The minimum atomic E-state index is -0.275. The highest BCUT2D eigenvalue weighted by molar-refractivity contribution is 5.75. The third-order valence-electron chi connectivity index (χ3n) is 7.11. The van der Waals surface area contributed by atoms with E-state index in [2.05, 4.69) is 41.5 Å². The molecule has 4 atom stereocenters. The van der Waals surface area contributed by atoms with E-state index >= 15 is 0 Å². The number of nitrogens with one attached hydrogen (secondary N) is 2. The first kappa shape index (κ1) is 19.6. The largest absolute Gasteiger partial charge is 0.381 e. The van der Waals surface area contributed by atoms with Crippen LogP contribution in [0.4, 0.5) is 5.69 Å². The molecule has 3 aliphatic rings. The number of aromatic nitrogens is 3. The molecule has 0 aromatic carbocycles. The topological polar surface area (TPSA) is 88.9 Å². The molecule has 0 saturated heterocycles. The minimum Gasteiger partial charge on any atom is -0.381 e. The molecule has 1 unspecified atom stereocenters. The zero-order chi connectivity index (χ0) is 20.6. The van der Waals surface area contributed by atoms with Gasteiger partial charge in [0.05, 0.1) is 11.9 Å². The molecule has 0 spiro atoms. The van der Waals surface area contributed by atoms with Crippen molar-refractivity contribution in [3.05, 3.63) is 52.7 Å². The molecule has 3 fully saturated rings. The molecule has 154 valence electrons. The number of rotatable bonds is 6. The Morgan fingerprint density at radius 2 is 2.03 bits per heavy atom. The van der Waals surface area contributed by atoms with Gasteiger partial charge in [-0.1, -0.05) is 20.8 Å². The number of anilines is 1. The molecule has 2 aromatic heterocycles. The number of hydrogen-bond acceptors (Lipinski definition) is 5. The van der Waals surface area contributed by atoms with Crippen LogP contribution in [0.5, 0.6) is 0 Å². The summed E-state index contributed by atoms with van der Waals surface area (Å²) in [4.78, 5) is 28.5. The summed E-state index contributed by atoms with van der Waals surface area (Å²) < 4.78 is 1.19. The highest BCUT2D eigenvalue weighted by atomic mass is 16.2. The van der Waals surface area contributed by atoms with E-state index < -0.39 is 0 Å². The Labute approximate surface area is 170 Å². The smallest absolute Gasteiger partial charge is 0.269 e. The lowest BCUT2D eigenvalue weighted by atomic mass is 9.45. The first-order valence-corrected chi connectivity index (χ1v) is 10.3. The van der Waals surface area contributed by atoms with Crippen LogP contribution >= 0.6 is 0 Å². The van der Waals surface area contributed by atoms with Crippen LogP contribution < -0.4 is 16.2 Å². The van der Waals surface area contributed by atoms with E-state index in [4.69, 9.17) is 0 Å². The molecular weight excluding hydrogens is 366 g/mol. The first-order chi connectivity index (χ1) is 13.8. The van der Waals surface area contributed by atoms with Crippen LogP contribution in [0.3, 0.4) is 0 Å². The fourth-order valence-corrected chi connectivity index (χ4v) is 5.08. The number of amides is 1. The second-order valence-corrected chi connectivity index (χ2v) is 9.08. The molecule has 29 heavy (non-hydrogen) atoms. The number of fused-ring (bicyclic) bond motifs is 2. The van der Waals surface area contributed by atoms with E-state index in [1.807, 2.05) is 12.1 Å². The number of pyridine rings is 1. The molecule has 2 heterocycles. The molecule has 1 amide bonds. The summed E-state index contributed by atoms with van der Waals surface area (Å²) in [7, 11) is 0. The highest BCUT2D eigenvalue weighted by Crippen LogP contribution is 2.61. The van der Waals surface area contributed by atoms with Gasteiger partial charge in [-0.3, -0.25) is 14.6 Å². The Morgan fingerprint density at radius 1 is 1.28 bits per heavy atom. The standard InChI is InChI=1S/C22H29N5O2/c1-14-18-8-16(22(18,2)3)9-19(14)26-17-10-21(29)27(25-12-17)13-20(28)24-11-15-4-6-23-7-5-15/h4-7,10,12,14,16,18-19,26H,8-9,11,13H2,1-3H3,(H,24,28)/t14?,16-,18+,19+/m0/s1. The molecule has 7 nitrogen and oxygen atoms in total. The van der Waals surface area contributed by atoms with Crippen LogP contribution in [0, 0.1) is 23.2 Å². The minimum absolute atomic E-state index is 0.0949. The van der Waals surface area contributed by atoms with Crippen LogP contribution in [0.25, 0.3) is 0 Å². The molecule has 0 aliphatic heterocycles. The van der Waals surface area contributed by atoms with Gasteiger partial charge >= 0.3 is 0 Å². The Bertz CT molecular complexity index is 940. The van der Waals surface area contributed by atoms with E-state index in [0.29, 0.717) is 23.9 Å². The van der Waals surface area contributed by atoms with Crippen LogP contribution in [-0.4, -0.2) is 26.7 Å². The third kappa shape index (κ3) is 3.91. The Balaban J connectivity index is 1.33. The Hall–Kier alpha value is -2.70. The molecule has 0 radical (unpaired) electrons. The van der Waals surface area contributed by atoms with Gasteiger partial charge in [0.25, 0.3) is 5.56 Å². The summed E-state index contributed by atoms with van der Waals surface area (Å²) in [5.41, 5.74) is 1.85. The molecule has 3 aliphatic carbocycles. The maximum atomic E-state index is 12.4. The number of carbonyl (C=O) groups excluding carboxylic acids is 1. The van der Waals surface area contributed by atoms with E-state index in [0.717, 1.165) is 29.5 Å². The van der Waals surface area contributed by atoms with Crippen molar-refractivity contribution in [2.24, 2.45) is 23.2 Å². The van der Waals surface area contributed by atoms with Crippen LogP contribution in [-0.2, 0) is 17.9 Å². The summed E-state index contributed by atoms with van der Waals surface area (Å²) in [6, 6.07) is 5.58. The van der Waals surface area contributed by atoms with E-state index in [9.17, 15) is 9.59 Å². The van der Waals surface area contributed by atoms with Crippen molar-refractivity contribution in [3.8, 4) is 0 Å². The molecule has 7 heteroatoms. The van der Waals surface area contributed by atoms with Gasteiger partial charge in [0.2, 0.25) is 5.91 Å². The van der Waals surface area contributed by atoms with Crippen molar-refractivity contribution in [2.45, 2.75) is 52.7 Å². The highest BCUT2D eigenvalue weighted by Gasteiger charge is 2.56. The Kier molecular flexibility index (Phi) is 5.15. The van der Waals surface area contributed by atoms with E-state index in [1.165, 1.54) is 11.1 Å². The molecular formula is C22H29N5O2. The quantitative estimate of drug-likeness (QED) is 0.784. The fourth-order valence-electron chi connectivity index (χ4n) is 5.08. The molecule has 5 rings (SSSR count). The predicted octanol–water partition coefficient (Wildman–Crippen LogP) is 2.44. The van der Waals surface area contributed by atoms with Gasteiger partial charge in [0.15, 0.2) is 0 Å². The van der Waals surface area contributed by atoms with Crippen molar-refractivity contribution in [1.29, 1.82) is 0 Å². The zero-order valence-corrected chi connectivity index (χ0v) is 17.3. The van der Waals surface area contributed by atoms with E-state index in [-0.39, 0.29) is 18.0 Å². The summed E-state index contributed by atoms with van der Waals surface area (Å²) in [5.74, 6) is 1.80. The molecule has 3 saturated carbocycles. The van der Waals surface area contributed by atoms with E-state index in [1.54, 1.807) is 24.7 Å². The maximum Gasteiger partial charge on any atom is 0.269 e. The first-order valence-electron chi connectivity index (χ1n) is 10.3. The lowest BCUT2D eigenvalue weighted by Crippen LogP contribution is -2.58. The Morgan fingerprint density at radius 3 is 2.69 bits per heavy atom. The fraction of sp³-hybridized carbons (Fsp3) is 0.545. The lowest BCUT2D eigenvalue weighted by Gasteiger charge is -2.62. The lowest BCUT2D eigenvalue weighted by molar-refractivity contribution is -0.122. The van der Waals surface area contributed by atoms with Gasteiger partial charge in [-0.25, -0.2) is 4.68 Å². The molecule has 2 N–H and O–H groups in total. The van der Waals surface area contributed by atoms with Crippen LogP contribution in [0.2, 0.25) is 0 Å². The predicted molar refractivity (Wildman–Crippen MR) is 111 cm³/mol. The monoisotopic (exact) mass is 395 g/mol. The van der Waals surface area contributed by atoms with Crippen molar-refractivity contribution < 1.29 is 4.79 Å². The average molecular weight is 396 g/mol. The SMILES string of the molecule is CC1[C@H]2C[C@@H](C[C@H]1Nc1cnn(CC(=O)NCc3ccncc3)c(=O)c1)C2(C)C. The second kappa shape index (κ2) is 7.61. The van der Waals surface area contributed by atoms with Crippen LogP contribution in [0.1, 0.15) is 39.2 Å². The molecule has 2 bridgehead atoms. The van der Waals surface area contributed by atoms with Crippen molar-refractivity contribution >= 4 is 11.6 Å². The van der Waals surface area contributed by atoms with Crippen molar-refractivity contribution in [3.63, 3.8) is 0 Å².